The monoisotopic (exact) mass is 354 g/mol. The Morgan fingerprint density at radius 1 is 1.27 bits per heavy atom. The van der Waals surface area contributed by atoms with Gasteiger partial charge in [0.25, 0.3) is 0 Å². The predicted molar refractivity (Wildman–Crippen MR) is 93.9 cm³/mol. The Kier molecular flexibility index (Phi) is 4.62. The van der Waals surface area contributed by atoms with E-state index in [-0.39, 0.29) is 11.9 Å². The number of hydrogen-bond acceptors (Lipinski definition) is 6. The number of rotatable bonds is 5. The van der Waals surface area contributed by atoms with Crippen LogP contribution in [0.4, 0.5) is 10.3 Å². The van der Waals surface area contributed by atoms with Crippen molar-refractivity contribution >= 4 is 5.95 Å². The fourth-order valence-electron chi connectivity index (χ4n) is 2.98. The summed E-state index contributed by atoms with van der Waals surface area (Å²) in [5.41, 5.74) is 3.35. The summed E-state index contributed by atoms with van der Waals surface area (Å²) in [5.74, 6) is 0.885. The summed E-state index contributed by atoms with van der Waals surface area (Å²) in [7, 11) is 0. The number of nitrogens with one attached hydrogen (secondary N) is 1. The second-order valence-corrected chi connectivity index (χ2v) is 6.31. The van der Waals surface area contributed by atoms with E-state index in [1.54, 1.807) is 18.3 Å². The van der Waals surface area contributed by atoms with Crippen LogP contribution < -0.4 is 5.32 Å². The highest BCUT2D eigenvalue weighted by molar-refractivity contribution is 5.61. The Balaban J connectivity index is 1.60. The van der Waals surface area contributed by atoms with Crippen molar-refractivity contribution in [1.29, 1.82) is 0 Å². The van der Waals surface area contributed by atoms with Gasteiger partial charge < -0.3 is 14.6 Å². The lowest BCUT2D eigenvalue weighted by atomic mass is 10.1. The number of halogens is 1. The largest absolute Gasteiger partial charge is 0.372 e. The molecule has 0 aliphatic carbocycles. The average Bonchev–Trinajstić information content (AvgIpc) is 3.33. The number of ether oxygens (including phenoxy) is 1. The quantitative estimate of drug-likeness (QED) is 0.745. The van der Waals surface area contributed by atoms with E-state index in [1.165, 1.54) is 12.1 Å². The molecule has 0 spiro atoms. The molecule has 0 amide bonds. The molecule has 134 valence electrons. The van der Waals surface area contributed by atoms with Crippen LogP contribution in [-0.4, -0.2) is 21.7 Å². The number of nitrogens with zero attached hydrogens (tertiary/aromatic N) is 3. The first-order valence-corrected chi connectivity index (χ1v) is 8.59. The Bertz CT molecular complexity index is 889. The lowest BCUT2D eigenvalue weighted by Crippen LogP contribution is -2.09. The Labute approximate surface area is 150 Å². The van der Waals surface area contributed by atoms with Crippen LogP contribution in [0.25, 0.3) is 11.3 Å². The molecule has 7 heteroatoms. The van der Waals surface area contributed by atoms with E-state index < -0.39 is 0 Å². The fraction of sp³-hybridized carbons (Fsp3) is 0.316. The van der Waals surface area contributed by atoms with Gasteiger partial charge in [-0.15, -0.1) is 0 Å². The molecule has 1 fully saturated rings. The van der Waals surface area contributed by atoms with Gasteiger partial charge in [0, 0.05) is 25.4 Å². The normalized spacial score (nSPS) is 16.8. The summed E-state index contributed by atoms with van der Waals surface area (Å²) in [6.07, 6.45) is 3.57. The van der Waals surface area contributed by atoms with Crippen molar-refractivity contribution < 1.29 is 13.7 Å². The highest BCUT2D eigenvalue weighted by Gasteiger charge is 2.25. The van der Waals surface area contributed by atoms with Crippen molar-refractivity contribution in [2.75, 3.05) is 11.9 Å². The molecular formula is C19H19FN4O2. The van der Waals surface area contributed by atoms with Crippen LogP contribution in [0.5, 0.6) is 0 Å². The lowest BCUT2D eigenvalue weighted by molar-refractivity contribution is 0.109. The third-order valence-electron chi connectivity index (χ3n) is 4.31. The standard InChI is InChI=1S/C19H19FN4O2/c1-12-9-17(26-24-12)15-11-22-19(23-18(15)16-3-2-8-25-16)21-10-13-4-6-14(20)7-5-13/h4-7,9,11,16H,2-3,8,10H2,1H3,(H,21,22,23)/t16-/m0/s1. The van der Waals surface area contributed by atoms with Crippen LogP contribution in [-0.2, 0) is 11.3 Å². The molecule has 26 heavy (non-hydrogen) atoms. The number of hydrogen-bond donors (Lipinski definition) is 1. The van der Waals surface area contributed by atoms with E-state index in [4.69, 9.17) is 9.26 Å². The molecule has 3 heterocycles. The topological polar surface area (TPSA) is 73.1 Å². The highest BCUT2D eigenvalue weighted by Crippen LogP contribution is 2.34. The van der Waals surface area contributed by atoms with Gasteiger partial charge in [-0.1, -0.05) is 17.3 Å². The predicted octanol–water partition coefficient (Wildman–Crippen LogP) is 4.04. The molecule has 0 saturated carbocycles. The summed E-state index contributed by atoms with van der Waals surface area (Å²) >= 11 is 0. The molecular weight excluding hydrogens is 335 g/mol. The highest BCUT2D eigenvalue weighted by atomic mass is 19.1. The van der Waals surface area contributed by atoms with Crippen LogP contribution in [0.3, 0.4) is 0 Å². The summed E-state index contributed by atoms with van der Waals surface area (Å²) < 4.78 is 24.2. The molecule has 1 saturated heterocycles. The average molecular weight is 354 g/mol. The van der Waals surface area contributed by atoms with Gasteiger partial charge in [0.2, 0.25) is 5.95 Å². The van der Waals surface area contributed by atoms with Crippen molar-refractivity contribution in [2.45, 2.75) is 32.4 Å². The van der Waals surface area contributed by atoms with Gasteiger partial charge in [0.1, 0.15) is 11.9 Å². The van der Waals surface area contributed by atoms with Crippen LogP contribution >= 0.6 is 0 Å². The second kappa shape index (κ2) is 7.21. The molecule has 6 nitrogen and oxygen atoms in total. The Morgan fingerprint density at radius 3 is 2.81 bits per heavy atom. The fourth-order valence-corrected chi connectivity index (χ4v) is 2.98. The second-order valence-electron chi connectivity index (χ2n) is 6.31. The van der Waals surface area contributed by atoms with E-state index >= 15 is 0 Å². The van der Waals surface area contributed by atoms with E-state index in [0.717, 1.165) is 42.0 Å². The SMILES string of the molecule is Cc1cc(-c2cnc(NCc3ccc(F)cc3)nc2[C@@H]2CCCO2)on1. The van der Waals surface area contributed by atoms with E-state index in [0.29, 0.717) is 18.3 Å². The van der Waals surface area contributed by atoms with Crippen molar-refractivity contribution in [3.05, 3.63) is 59.3 Å². The third kappa shape index (κ3) is 3.57. The summed E-state index contributed by atoms with van der Waals surface area (Å²) in [5, 5.41) is 7.13. The Morgan fingerprint density at radius 2 is 2.12 bits per heavy atom. The lowest BCUT2D eigenvalue weighted by Gasteiger charge is -2.14. The zero-order valence-electron chi connectivity index (χ0n) is 14.4. The molecule has 3 aromatic rings. The molecule has 2 aromatic heterocycles. The minimum atomic E-state index is -0.252. The van der Waals surface area contributed by atoms with Gasteiger partial charge in [0.15, 0.2) is 5.76 Å². The molecule has 1 N–H and O–H groups in total. The van der Waals surface area contributed by atoms with E-state index in [2.05, 4.69) is 20.4 Å². The zero-order chi connectivity index (χ0) is 17.9. The molecule has 0 unspecified atom stereocenters. The molecule has 1 atom stereocenters. The van der Waals surface area contributed by atoms with E-state index in [9.17, 15) is 4.39 Å². The van der Waals surface area contributed by atoms with Crippen molar-refractivity contribution in [3.63, 3.8) is 0 Å². The molecule has 1 aliphatic heterocycles. The number of aromatic nitrogens is 3. The molecule has 0 bridgehead atoms. The number of benzene rings is 1. The summed E-state index contributed by atoms with van der Waals surface area (Å²) in [6.45, 7) is 3.10. The first-order valence-electron chi connectivity index (χ1n) is 8.59. The molecule has 0 radical (unpaired) electrons. The third-order valence-corrected chi connectivity index (χ3v) is 4.31. The maximum Gasteiger partial charge on any atom is 0.223 e. The maximum atomic E-state index is 13.0. The molecule has 4 rings (SSSR count). The zero-order valence-corrected chi connectivity index (χ0v) is 14.4. The Hall–Kier alpha value is -2.80. The van der Waals surface area contributed by atoms with Gasteiger partial charge in [-0.25, -0.2) is 14.4 Å². The van der Waals surface area contributed by atoms with Gasteiger partial charge in [0.05, 0.1) is 17.0 Å². The number of anilines is 1. The minimum absolute atomic E-state index is 0.0789. The van der Waals surface area contributed by atoms with Crippen LogP contribution in [0.15, 0.2) is 41.1 Å². The maximum absolute atomic E-state index is 13.0. The first-order chi connectivity index (χ1) is 12.7. The van der Waals surface area contributed by atoms with Crippen molar-refractivity contribution in [3.8, 4) is 11.3 Å². The van der Waals surface area contributed by atoms with Gasteiger partial charge in [-0.3, -0.25) is 0 Å². The van der Waals surface area contributed by atoms with Gasteiger partial charge >= 0.3 is 0 Å². The minimum Gasteiger partial charge on any atom is -0.372 e. The first kappa shape index (κ1) is 16.7. The summed E-state index contributed by atoms with van der Waals surface area (Å²) in [6, 6.07) is 8.20. The van der Waals surface area contributed by atoms with E-state index in [1.807, 2.05) is 13.0 Å². The molecule has 1 aromatic carbocycles. The van der Waals surface area contributed by atoms with Crippen LogP contribution in [0, 0.1) is 12.7 Å². The van der Waals surface area contributed by atoms with Crippen LogP contribution in [0.2, 0.25) is 0 Å². The van der Waals surface area contributed by atoms with Crippen LogP contribution in [0.1, 0.15) is 35.9 Å². The van der Waals surface area contributed by atoms with Gasteiger partial charge in [-0.05, 0) is 37.5 Å². The summed E-state index contributed by atoms with van der Waals surface area (Å²) in [4.78, 5) is 9.05. The van der Waals surface area contributed by atoms with Gasteiger partial charge in [-0.2, -0.15) is 0 Å². The number of aryl methyl sites for hydroxylation is 1. The smallest absolute Gasteiger partial charge is 0.223 e. The van der Waals surface area contributed by atoms with Crippen molar-refractivity contribution in [2.24, 2.45) is 0 Å². The van der Waals surface area contributed by atoms with Crippen molar-refractivity contribution in [1.82, 2.24) is 15.1 Å². The molecule has 1 aliphatic rings.